The van der Waals surface area contributed by atoms with Gasteiger partial charge in [-0.2, -0.15) is 0 Å². The first kappa shape index (κ1) is 12.4. The molecule has 0 saturated heterocycles. The Morgan fingerprint density at radius 1 is 1.53 bits per heavy atom. The van der Waals surface area contributed by atoms with Gasteiger partial charge in [-0.05, 0) is 19.8 Å². The molecule has 0 radical (unpaired) electrons. The summed E-state index contributed by atoms with van der Waals surface area (Å²) < 4.78 is 2.06. The van der Waals surface area contributed by atoms with Crippen LogP contribution < -0.4 is 0 Å². The summed E-state index contributed by atoms with van der Waals surface area (Å²) in [4.78, 5) is 10.6. The van der Waals surface area contributed by atoms with E-state index in [9.17, 15) is 4.79 Å². The molecule has 1 aliphatic carbocycles. The van der Waals surface area contributed by atoms with Crippen LogP contribution in [0.25, 0.3) is 0 Å². The summed E-state index contributed by atoms with van der Waals surface area (Å²) in [5, 5.41) is 17.4. The van der Waals surface area contributed by atoms with Crippen LogP contribution in [0.3, 0.4) is 0 Å². The zero-order chi connectivity index (χ0) is 12.3. The first-order valence-corrected chi connectivity index (χ1v) is 6.85. The van der Waals surface area contributed by atoms with Crippen LogP contribution in [0.4, 0.5) is 0 Å². The van der Waals surface area contributed by atoms with E-state index in [2.05, 4.69) is 21.7 Å². The molecule has 1 aromatic rings. The third-order valence-electron chi connectivity index (χ3n) is 3.35. The third-order valence-corrected chi connectivity index (χ3v) is 4.28. The highest BCUT2D eigenvalue weighted by Crippen LogP contribution is 2.36. The molecular formula is C11H17N3O2S. The van der Waals surface area contributed by atoms with Gasteiger partial charge in [0.25, 0.3) is 0 Å². The van der Waals surface area contributed by atoms with Gasteiger partial charge in [-0.1, -0.05) is 31.0 Å². The van der Waals surface area contributed by atoms with Gasteiger partial charge >= 0.3 is 5.97 Å². The number of nitrogens with zero attached hydrogens (tertiary/aromatic N) is 3. The van der Waals surface area contributed by atoms with E-state index >= 15 is 0 Å². The number of rotatable bonds is 4. The Morgan fingerprint density at radius 3 is 2.88 bits per heavy atom. The molecule has 0 spiro atoms. The average Bonchev–Trinajstić information content (AvgIpc) is 2.76. The SMILES string of the molecule is CC1(n2cnnc2SCC(=O)O)CCCCC1. The van der Waals surface area contributed by atoms with Crippen molar-refractivity contribution in [1.82, 2.24) is 14.8 Å². The van der Waals surface area contributed by atoms with Gasteiger partial charge in [0, 0.05) is 5.54 Å². The highest BCUT2D eigenvalue weighted by Gasteiger charge is 2.30. The van der Waals surface area contributed by atoms with Gasteiger partial charge in [0.2, 0.25) is 0 Å². The van der Waals surface area contributed by atoms with Crippen molar-refractivity contribution in [3.8, 4) is 0 Å². The Labute approximate surface area is 105 Å². The lowest BCUT2D eigenvalue weighted by atomic mass is 9.83. The number of carbonyl (C=O) groups is 1. The van der Waals surface area contributed by atoms with E-state index in [0.29, 0.717) is 0 Å². The quantitative estimate of drug-likeness (QED) is 0.835. The highest BCUT2D eigenvalue weighted by molar-refractivity contribution is 7.99. The number of carboxylic acid groups (broad SMARTS) is 1. The van der Waals surface area contributed by atoms with Gasteiger partial charge in [0.05, 0.1) is 5.75 Å². The number of aromatic nitrogens is 3. The number of hydrogen-bond donors (Lipinski definition) is 1. The normalized spacial score (nSPS) is 19.1. The lowest BCUT2D eigenvalue weighted by Crippen LogP contribution is -2.32. The summed E-state index contributed by atoms with van der Waals surface area (Å²) >= 11 is 1.24. The summed E-state index contributed by atoms with van der Waals surface area (Å²) in [7, 11) is 0. The maximum Gasteiger partial charge on any atom is 0.313 e. The summed E-state index contributed by atoms with van der Waals surface area (Å²) in [5.74, 6) is -0.784. The minimum Gasteiger partial charge on any atom is -0.481 e. The molecule has 6 heteroatoms. The van der Waals surface area contributed by atoms with Gasteiger partial charge in [-0.3, -0.25) is 4.79 Å². The second-order valence-corrected chi connectivity index (χ2v) is 5.67. The van der Waals surface area contributed by atoms with Crippen molar-refractivity contribution in [2.24, 2.45) is 0 Å². The van der Waals surface area contributed by atoms with Crippen LogP contribution in [0.1, 0.15) is 39.0 Å². The van der Waals surface area contributed by atoms with Crippen LogP contribution in [0, 0.1) is 0 Å². The number of carboxylic acids is 1. The van der Waals surface area contributed by atoms with E-state index in [1.165, 1.54) is 31.0 Å². The Hall–Kier alpha value is -1.04. The maximum atomic E-state index is 10.6. The monoisotopic (exact) mass is 255 g/mol. The van der Waals surface area contributed by atoms with Gasteiger partial charge in [0.1, 0.15) is 6.33 Å². The molecule has 0 unspecified atom stereocenters. The summed E-state index contributed by atoms with van der Waals surface area (Å²) in [6.45, 7) is 2.21. The van der Waals surface area contributed by atoms with Crippen molar-refractivity contribution in [3.63, 3.8) is 0 Å². The van der Waals surface area contributed by atoms with E-state index in [-0.39, 0.29) is 11.3 Å². The van der Waals surface area contributed by atoms with E-state index in [4.69, 9.17) is 5.11 Å². The van der Waals surface area contributed by atoms with Crippen molar-refractivity contribution < 1.29 is 9.90 Å². The van der Waals surface area contributed by atoms with Crippen molar-refractivity contribution >= 4 is 17.7 Å². The molecular weight excluding hydrogens is 238 g/mol. The van der Waals surface area contributed by atoms with Gasteiger partial charge in [-0.15, -0.1) is 10.2 Å². The fraction of sp³-hybridized carbons (Fsp3) is 0.727. The second kappa shape index (κ2) is 5.08. The molecule has 0 amide bonds. The van der Waals surface area contributed by atoms with Crippen LogP contribution in [0.15, 0.2) is 11.5 Å². The summed E-state index contributed by atoms with van der Waals surface area (Å²) in [6.07, 6.45) is 7.69. The Bertz CT molecular complexity index is 399. The zero-order valence-electron chi connectivity index (χ0n) is 9.93. The first-order chi connectivity index (χ1) is 8.12. The fourth-order valence-electron chi connectivity index (χ4n) is 2.37. The molecule has 0 bridgehead atoms. The van der Waals surface area contributed by atoms with Crippen LogP contribution in [0.2, 0.25) is 0 Å². The summed E-state index contributed by atoms with van der Waals surface area (Å²) in [6, 6.07) is 0. The largest absolute Gasteiger partial charge is 0.481 e. The van der Waals surface area contributed by atoms with E-state index in [1.807, 2.05) is 0 Å². The van der Waals surface area contributed by atoms with E-state index in [0.717, 1.165) is 18.0 Å². The standard InChI is InChI=1S/C11H17N3O2S/c1-11(5-3-2-4-6-11)14-8-12-13-10(14)17-7-9(15)16/h8H,2-7H2,1H3,(H,15,16). The molecule has 94 valence electrons. The van der Waals surface area contributed by atoms with Gasteiger partial charge in [-0.25, -0.2) is 0 Å². The Balaban J connectivity index is 2.14. The van der Waals surface area contributed by atoms with Crippen molar-refractivity contribution in [2.45, 2.75) is 49.7 Å². The van der Waals surface area contributed by atoms with Crippen LogP contribution in [0.5, 0.6) is 0 Å². The van der Waals surface area contributed by atoms with Crippen LogP contribution in [-0.2, 0) is 10.3 Å². The van der Waals surface area contributed by atoms with Gasteiger partial charge in [0.15, 0.2) is 5.16 Å². The number of aliphatic carboxylic acids is 1. The molecule has 1 heterocycles. The van der Waals surface area contributed by atoms with Gasteiger partial charge < -0.3 is 9.67 Å². The molecule has 1 aromatic heterocycles. The van der Waals surface area contributed by atoms with Crippen LogP contribution in [-0.4, -0.2) is 31.6 Å². The fourth-order valence-corrected chi connectivity index (χ4v) is 3.14. The second-order valence-electron chi connectivity index (χ2n) is 4.72. The molecule has 0 aromatic carbocycles. The molecule has 17 heavy (non-hydrogen) atoms. The van der Waals surface area contributed by atoms with E-state index in [1.54, 1.807) is 6.33 Å². The molecule has 1 saturated carbocycles. The molecule has 2 rings (SSSR count). The summed E-state index contributed by atoms with van der Waals surface area (Å²) in [5.41, 5.74) is 0.0581. The maximum absolute atomic E-state index is 10.6. The number of thioether (sulfide) groups is 1. The van der Waals surface area contributed by atoms with Crippen LogP contribution >= 0.6 is 11.8 Å². The zero-order valence-corrected chi connectivity index (χ0v) is 10.7. The van der Waals surface area contributed by atoms with Crippen molar-refractivity contribution in [1.29, 1.82) is 0 Å². The smallest absolute Gasteiger partial charge is 0.313 e. The minimum atomic E-state index is -0.821. The van der Waals surface area contributed by atoms with Crippen molar-refractivity contribution in [2.75, 3.05) is 5.75 Å². The van der Waals surface area contributed by atoms with Crippen molar-refractivity contribution in [3.05, 3.63) is 6.33 Å². The lowest BCUT2D eigenvalue weighted by Gasteiger charge is -2.35. The van der Waals surface area contributed by atoms with E-state index < -0.39 is 5.97 Å². The minimum absolute atomic E-state index is 0.0365. The number of hydrogen-bond acceptors (Lipinski definition) is 4. The highest BCUT2D eigenvalue weighted by atomic mass is 32.2. The topological polar surface area (TPSA) is 68.0 Å². The lowest BCUT2D eigenvalue weighted by molar-refractivity contribution is -0.133. The third kappa shape index (κ3) is 2.80. The molecule has 1 N–H and O–H groups in total. The first-order valence-electron chi connectivity index (χ1n) is 5.87. The molecule has 1 aliphatic rings. The molecule has 1 fully saturated rings. The predicted molar refractivity (Wildman–Crippen MR) is 65.1 cm³/mol. The molecule has 0 atom stereocenters. The Kier molecular flexibility index (Phi) is 3.71. The molecule has 5 nitrogen and oxygen atoms in total. The molecule has 0 aliphatic heterocycles. The predicted octanol–water partition coefficient (Wildman–Crippen LogP) is 2.13. The average molecular weight is 255 g/mol. The Morgan fingerprint density at radius 2 is 2.24 bits per heavy atom.